The zero-order valence-corrected chi connectivity index (χ0v) is 16.1. The number of nitrogens with zero attached hydrogens (tertiary/aromatic N) is 1. The molecule has 130 valence electrons. The Labute approximate surface area is 148 Å². The highest BCUT2D eigenvalue weighted by Crippen LogP contribution is 2.69. The fourth-order valence-corrected chi connectivity index (χ4v) is 8.28. The standard InChI is InChI=1S/C19H30BrNO2/c1-17-10-4-3-5-13(17)6-7-14-15(17)8-11-18(2)16(14)9-12-19(18,20)21(22)23/h13-16H,3-12H2,1-2H3/t13-,14-,15+,16+,17+,18-,19+/m1/s1. The Morgan fingerprint density at radius 2 is 1.70 bits per heavy atom. The molecule has 0 saturated heterocycles. The normalized spacial score (nSPS) is 55.6. The van der Waals surface area contributed by atoms with Gasteiger partial charge in [-0.1, -0.05) is 26.7 Å². The maximum atomic E-state index is 11.8. The highest BCUT2D eigenvalue weighted by Gasteiger charge is 2.69. The summed E-state index contributed by atoms with van der Waals surface area (Å²) in [4.78, 5) is 11.8. The summed E-state index contributed by atoms with van der Waals surface area (Å²) in [5.41, 5.74) is 0.365. The molecule has 0 N–H and O–H groups in total. The van der Waals surface area contributed by atoms with Crippen molar-refractivity contribution in [2.45, 2.75) is 82.5 Å². The van der Waals surface area contributed by atoms with Gasteiger partial charge in [-0.3, -0.25) is 10.1 Å². The Hall–Kier alpha value is -0.120. The van der Waals surface area contributed by atoms with Crippen LogP contribution >= 0.6 is 15.9 Å². The van der Waals surface area contributed by atoms with Crippen LogP contribution in [-0.4, -0.2) is 9.37 Å². The van der Waals surface area contributed by atoms with Crippen LogP contribution < -0.4 is 0 Å². The van der Waals surface area contributed by atoms with Crippen molar-refractivity contribution in [2.24, 2.45) is 34.5 Å². The van der Waals surface area contributed by atoms with Gasteiger partial charge in [0, 0.05) is 27.3 Å². The average molecular weight is 384 g/mol. The summed E-state index contributed by atoms with van der Waals surface area (Å²) in [6.07, 6.45) is 12.4. The molecule has 0 aliphatic heterocycles. The third kappa shape index (κ3) is 1.99. The van der Waals surface area contributed by atoms with E-state index in [-0.39, 0.29) is 10.3 Å². The van der Waals surface area contributed by atoms with Gasteiger partial charge >= 0.3 is 0 Å². The first-order chi connectivity index (χ1) is 10.8. The van der Waals surface area contributed by atoms with Crippen LogP contribution in [0.3, 0.4) is 0 Å². The Bertz CT molecular complexity index is 525. The first-order valence-corrected chi connectivity index (χ1v) is 10.5. The minimum atomic E-state index is -0.875. The van der Waals surface area contributed by atoms with Crippen LogP contribution in [0.5, 0.6) is 0 Å². The molecule has 4 heteroatoms. The van der Waals surface area contributed by atoms with Crippen molar-refractivity contribution >= 4 is 15.9 Å². The lowest BCUT2D eigenvalue weighted by Crippen LogP contribution is -2.56. The SMILES string of the molecule is C[C@]12CCCC[C@@H]1CC[C@@H]1[C@@H]2CC[C@]2(C)[C@H]1CC[C@]2(Br)[N+](=O)[O-]. The van der Waals surface area contributed by atoms with Crippen molar-refractivity contribution in [1.82, 2.24) is 0 Å². The van der Waals surface area contributed by atoms with Gasteiger partial charge < -0.3 is 0 Å². The molecule has 0 aromatic heterocycles. The summed E-state index contributed by atoms with van der Waals surface area (Å²) in [6, 6.07) is 0. The molecular weight excluding hydrogens is 354 g/mol. The molecule has 3 nitrogen and oxygen atoms in total. The van der Waals surface area contributed by atoms with Crippen molar-refractivity contribution in [2.75, 3.05) is 0 Å². The Morgan fingerprint density at radius 1 is 0.957 bits per heavy atom. The van der Waals surface area contributed by atoms with E-state index in [0.29, 0.717) is 17.8 Å². The summed E-state index contributed by atoms with van der Waals surface area (Å²) in [5, 5.41) is 11.8. The lowest BCUT2D eigenvalue weighted by atomic mass is 9.45. The number of hydrogen-bond donors (Lipinski definition) is 0. The Morgan fingerprint density at radius 3 is 2.43 bits per heavy atom. The van der Waals surface area contributed by atoms with Crippen LogP contribution in [-0.2, 0) is 0 Å². The first-order valence-electron chi connectivity index (χ1n) is 9.66. The molecule has 4 fully saturated rings. The monoisotopic (exact) mass is 383 g/mol. The fraction of sp³-hybridized carbons (Fsp3) is 1.00. The third-order valence-electron chi connectivity index (χ3n) is 8.92. The lowest BCUT2D eigenvalue weighted by molar-refractivity contribution is -0.554. The van der Waals surface area contributed by atoms with Crippen LogP contribution in [0.25, 0.3) is 0 Å². The summed E-state index contributed by atoms with van der Waals surface area (Å²) in [6.45, 7) is 4.79. The van der Waals surface area contributed by atoms with E-state index in [2.05, 4.69) is 29.8 Å². The predicted molar refractivity (Wildman–Crippen MR) is 95.0 cm³/mol. The van der Waals surface area contributed by atoms with E-state index in [1.54, 1.807) is 0 Å². The Kier molecular flexibility index (Phi) is 3.69. The summed E-state index contributed by atoms with van der Waals surface area (Å²) in [5.74, 6) is 3.02. The maximum absolute atomic E-state index is 11.8. The molecule has 0 bridgehead atoms. The van der Waals surface area contributed by atoms with Gasteiger partial charge in [0.25, 0.3) is 4.45 Å². The molecule has 0 radical (unpaired) electrons. The summed E-state index contributed by atoms with van der Waals surface area (Å²) in [7, 11) is 0. The largest absolute Gasteiger partial charge is 0.280 e. The van der Waals surface area contributed by atoms with Crippen molar-refractivity contribution in [3.8, 4) is 0 Å². The van der Waals surface area contributed by atoms with Gasteiger partial charge in [0.1, 0.15) is 0 Å². The van der Waals surface area contributed by atoms with Gasteiger partial charge in [0.2, 0.25) is 0 Å². The molecule has 0 amide bonds. The number of halogens is 1. The van der Waals surface area contributed by atoms with Crippen molar-refractivity contribution < 1.29 is 4.92 Å². The number of alkyl halides is 1. The molecule has 7 atom stereocenters. The summed E-state index contributed by atoms with van der Waals surface area (Å²) < 4.78 is -0.875. The second-order valence-corrected chi connectivity index (χ2v) is 10.7. The third-order valence-corrected chi connectivity index (χ3v) is 10.5. The highest BCUT2D eigenvalue weighted by molar-refractivity contribution is 9.10. The van der Waals surface area contributed by atoms with Crippen LogP contribution in [0.15, 0.2) is 0 Å². The number of fused-ring (bicyclic) bond motifs is 5. The second kappa shape index (κ2) is 5.19. The van der Waals surface area contributed by atoms with E-state index in [1.165, 1.54) is 44.9 Å². The maximum Gasteiger partial charge on any atom is 0.280 e. The molecule has 4 aliphatic rings. The van der Waals surface area contributed by atoms with E-state index in [1.807, 2.05) is 0 Å². The Balaban J connectivity index is 1.67. The fourth-order valence-electron chi connectivity index (χ4n) is 7.56. The molecule has 4 aliphatic carbocycles. The molecule has 0 unspecified atom stereocenters. The van der Waals surface area contributed by atoms with Gasteiger partial charge in [0.15, 0.2) is 0 Å². The van der Waals surface area contributed by atoms with Crippen LogP contribution in [0.1, 0.15) is 78.1 Å². The van der Waals surface area contributed by atoms with Crippen molar-refractivity contribution in [3.05, 3.63) is 10.1 Å². The zero-order valence-electron chi connectivity index (χ0n) is 14.5. The molecule has 4 saturated carbocycles. The summed E-state index contributed by atoms with van der Waals surface area (Å²) >= 11 is 3.61. The van der Waals surface area contributed by atoms with Crippen LogP contribution in [0, 0.1) is 44.6 Å². The molecule has 4 rings (SSSR count). The van der Waals surface area contributed by atoms with Crippen molar-refractivity contribution in [1.29, 1.82) is 0 Å². The van der Waals surface area contributed by atoms with Gasteiger partial charge in [0.05, 0.1) is 5.41 Å². The minimum Gasteiger partial charge on any atom is -0.263 e. The average Bonchev–Trinajstić information content (AvgIpc) is 2.80. The van der Waals surface area contributed by atoms with E-state index < -0.39 is 4.45 Å². The molecule has 0 aromatic carbocycles. The number of nitro groups is 1. The topological polar surface area (TPSA) is 43.1 Å². The zero-order chi connectivity index (χ0) is 16.5. The second-order valence-electron chi connectivity index (χ2n) is 9.41. The van der Waals surface area contributed by atoms with Gasteiger partial charge in [-0.15, -0.1) is 0 Å². The van der Waals surface area contributed by atoms with Gasteiger partial charge in [-0.05, 0) is 74.0 Å². The molecule has 0 spiro atoms. The van der Waals surface area contributed by atoms with E-state index in [9.17, 15) is 10.1 Å². The van der Waals surface area contributed by atoms with E-state index in [0.717, 1.165) is 30.6 Å². The molecule has 0 heterocycles. The van der Waals surface area contributed by atoms with Crippen LogP contribution in [0.4, 0.5) is 0 Å². The molecule has 0 aromatic rings. The lowest BCUT2D eigenvalue weighted by Gasteiger charge is -2.60. The van der Waals surface area contributed by atoms with Gasteiger partial charge in [-0.2, -0.15) is 0 Å². The van der Waals surface area contributed by atoms with Crippen LogP contribution in [0.2, 0.25) is 0 Å². The highest BCUT2D eigenvalue weighted by atomic mass is 79.9. The van der Waals surface area contributed by atoms with E-state index >= 15 is 0 Å². The molecular formula is C19H30BrNO2. The minimum absolute atomic E-state index is 0.0126. The van der Waals surface area contributed by atoms with Crippen molar-refractivity contribution in [3.63, 3.8) is 0 Å². The van der Waals surface area contributed by atoms with E-state index in [4.69, 9.17) is 0 Å². The first kappa shape index (κ1) is 16.4. The quantitative estimate of drug-likeness (QED) is 0.249. The molecule has 23 heavy (non-hydrogen) atoms. The number of hydrogen-bond acceptors (Lipinski definition) is 2. The number of rotatable bonds is 1. The smallest absolute Gasteiger partial charge is 0.263 e. The predicted octanol–water partition coefficient (Wildman–Crippen LogP) is 5.79. The van der Waals surface area contributed by atoms with Gasteiger partial charge in [-0.25, -0.2) is 0 Å².